The highest BCUT2D eigenvalue weighted by Crippen LogP contribution is 2.12. The standard InChI is InChI=1S/C12H22N4O2S2/c1-4-6-16-8-12(14-9(16)3)20(17,18)15-10(5-2)7-11(13)19/h8,10,15H,4-7H2,1-3H3,(H2,13,19). The van der Waals surface area contributed by atoms with Gasteiger partial charge in [0.2, 0.25) is 0 Å². The van der Waals surface area contributed by atoms with Gasteiger partial charge in [-0.15, -0.1) is 0 Å². The van der Waals surface area contributed by atoms with E-state index in [0.29, 0.717) is 23.7 Å². The Morgan fingerprint density at radius 2 is 2.20 bits per heavy atom. The van der Waals surface area contributed by atoms with E-state index in [4.69, 9.17) is 18.0 Å². The monoisotopic (exact) mass is 318 g/mol. The van der Waals surface area contributed by atoms with Gasteiger partial charge < -0.3 is 10.3 Å². The molecule has 1 aromatic rings. The first kappa shape index (κ1) is 17.1. The second kappa shape index (κ2) is 7.14. The van der Waals surface area contributed by atoms with Crippen molar-refractivity contribution >= 4 is 27.2 Å². The third-order valence-corrected chi connectivity index (χ3v) is 4.51. The topological polar surface area (TPSA) is 90.0 Å². The predicted octanol–water partition coefficient (Wildman–Crippen LogP) is 1.33. The first-order chi connectivity index (χ1) is 9.30. The molecule has 0 bridgehead atoms. The van der Waals surface area contributed by atoms with Crippen LogP contribution in [0.1, 0.15) is 38.9 Å². The molecule has 0 radical (unpaired) electrons. The molecule has 6 nitrogen and oxygen atoms in total. The van der Waals surface area contributed by atoms with Crippen molar-refractivity contribution in [1.82, 2.24) is 14.3 Å². The minimum Gasteiger partial charge on any atom is -0.393 e. The molecule has 20 heavy (non-hydrogen) atoms. The molecule has 1 rings (SSSR count). The minimum atomic E-state index is -3.63. The number of rotatable bonds is 8. The summed E-state index contributed by atoms with van der Waals surface area (Å²) in [4.78, 5) is 4.41. The second-order valence-electron chi connectivity index (χ2n) is 4.72. The fraction of sp³-hybridized carbons (Fsp3) is 0.667. The van der Waals surface area contributed by atoms with Crippen LogP contribution in [0.5, 0.6) is 0 Å². The molecule has 0 aliphatic carbocycles. The van der Waals surface area contributed by atoms with E-state index in [-0.39, 0.29) is 11.1 Å². The Labute approximate surface area is 125 Å². The van der Waals surface area contributed by atoms with Crippen molar-refractivity contribution in [3.05, 3.63) is 12.0 Å². The van der Waals surface area contributed by atoms with Gasteiger partial charge in [-0.1, -0.05) is 26.1 Å². The molecule has 114 valence electrons. The van der Waals surface area contributed by atoms with E-state index >= 15 is 0 Å². The van der Waals surface area contributed by atoms with Gasteiger partial charge in [-0.3, -0.25) is 0 Å². The van der Waals surface area contributed by atoms with Gasteiger partial charge in [0.25, 0.3) is 10.0 Å². The van der Waals surface area contributed by atoms with Crippen LogP contribution in [0.3, 0.4) is 0 Å². The summed E-state index contributed by atoms with van der Waals surface area (Å²) >= 11 is 4.83. The van der Waals surface area contributed by atoms with E-state index in [1.165, 1.54) is 0 Å². The third kappa shape index (κ3) is 4.53. The summed E-state index contributed by atoms with van der Waals surface area (Å²) < 4.78 is 29.0. The Hall–Kier alpha value is -0.990. The van der Waals surface area contributed by atoms with E-state index in [9.17, 15) is 8.42 Å². The molecule has 0 spiro atoms. The summed E-state index contributed by atoms with van der Waals surface area (Å²) in [7, 11) is -3.63. The zero-order chi connectivity index (χ0) is 15.3. The molecule has 8 heteroatoms. The van der Waals surface area contributed by atoms with Gasteiger partial charge in [0.1, 0.15) is 5.82 Å². The number of sulfonamides is 1. The van der Waals surface area contributed by atoms with Crippen molar-refractivity contribution in [2.24, 2.45) is 5.73 Å². The van der Waals surface area contributed by atoms with Crippen LogP contribution >= 0.6 is 12.2 Å². The lowest BCUT2D eigenvalue weighted by molar-refractivity contribution is 0.543. The maximum atomic E-state index is 12.3. The largest absolute Gasteiger partial charge is 0.393 e. The van der Waals surface area contributed by atoms with Gasteiger partial charge in [-0.05, 0) is 19.8 Å². The second-order valence-corrected chi connectivity index (χ2v) is 6.90. The molecule has 1 unspecified atom stereocenters. The van der Waals surface area contributed by atoms with Crippen molar-refractivity contribution in [1.29, 1.82) is 0 Å². The number of nitrogens with two attached hydrogens (primary N) is 1. The van der Waals surface area contributed by atoms with E-state index in [2.05, 4.69) is 9.71 Å². The van der Waals surface area contributed by atoms with Crippen molar-refractivity contribution in [3.8, 4) is 0 Å². The number of aromatic nitrogens is 2. The van der Waals surface area contributed by atoms with Crippen LogP contribution in [-0.2, 0) is 16.6 Å². The quantitative estimate of drug-likeness (QED) is 0.706. The van der Waals surface area contributed by atoms with E-state index in [1.807, 2.05) is 18.4 Å². The third-order valence-electron chi connectivity index (χ3n) is 2.96. The Morgan fingerprint density at radius 1 is 1.55 bits per heavy atom. The SMILES string of the molecule is CCCn1cc(S(=O)(=O)NC(CC)CC(N)=S)nc1C. The smallest absolute Gasteiger partial charge is 0.259 e. The van der Waals surface area contributed by atoms with Crippen LogP contribution < -0.4 is 10.5 Å². The van der Waals surface area contributed by atoms with Crippen LogP contribution in [0.15, 0.2) is 11.2 Å². The Morgan fingerprint density at radius 3 is 2.70 bits per heavy atom. The average molecular weight is 318 g/mol. The predicted molar refractivity (Wildman–Crippen MR) is 83.1 cm³/mol. The Balaban J connectivity index is 2.92. The van der Waals surface area contributed by atoms with Crippen molar-refractivity contribution in [2.75, 3.05) is 0 Å². The van der Waals surface area contributed by atoms with Crippen LogP contribution in [0.2, 0.25) is 0 Å². The fourth-order valence-corrected chi connectivity index (χ4v) is 3.40. The molecule has 1 atom stereocenters. The Bertz CT molecular complexity index is 566. The minimum absolute atomic E-state index is 0.0461. The first-order valence-corrected chi connectivity index (χ1v) is 8.53. The molecular weight excluding hydrogens is 296 g/mol. The maximum absolute atomic E-state index is 12.3. The van der Waals surface area contributed by atoms with Crippen molar-refractivity contribution in [2.45, 2.75) is 57.6 Å². The van der Waals surface area contributed by atoms with Gasteiger partial charge in [0, 0.05) is 25.2 Å². The molecule has 0 aromatic carbocycles. The van der Waals surface area contributed by atoms with Crippen LogP contribution in [0, 0.1) is 6.92 Å². The molecule has 1 aromatic heterocycles. The summed E-state index contributed by atoms with van der Waals surface area (Å²) in [5.74, 6) is 0.689. The molecule has 0 fully saturated rings. The van der Waals surface area contributed by atoms with E-state index in [0.717, 1.165) is 13.0 Å². The zero-order valence-electron chi connectivity index (χ0n) is 12.1. The molecule has 0 amide bonds. The molecular formula is C12H22N4O2S2. The number of nitrogens with zero attached hydrogens (tertiary/aromatic N) is 2. The van der Waals surface area contributed by atoms with Crippen LogP contribution in [0.4, 0.5) is 0 Å². The molecule has 0 aliphatic rings. The fourth-order valence-electron chi connectivity index (χ4n) is 1.87. The van der Waals surface area contributed by atoms with Gasteiger partial charge in [-0.25, -0.2) is 18.1 Å². The van der Waals surface area contributed by atoms with Gasteiger partial charge in [0.15, 0.2) is 5.03 Å². The highest BCUT2D eigenvalue weighted by molar-refractivity contribution is 7.89. The number of imidazole rings is 1. The molecule has 0 saturated carbocycles. The Kier molecular flexibility index (Phi) is 6.09. The highest BCUT2D eigenvalue weighted by atomic mass is 32.2. The number of nitrogens with one attached hydrogen (secondary N) is 1. The zero-order valence-corrected chi connectivity index (χ0v) is 13.7. The van der Waals surface area contributed by atoms with E-state index in [1.54, 1.807) is 13.1 Å². The highest BCUT2D eigenvalue weighted by Gasteiger charge is 2.22. The molecule has 0 aliphatic heterocycles. The number of aryl methyl sites for hydroxylation is 2. The van der Waals surface area contributed by atoms with Gasteiger partial charge in [0.05, 0.1) is 4.99 Å². The normalized spacial score (nSPS) is 13.3. The summed E-state index contributed by atoms with van der Waals surface area (Å²) in [6.07, 6.45) is 3.45. The summed E-state index contributed by atoms with van der Waals surface area (Å²) in [6, 6.07) is -0.297. The summed E-state index contributed by atoms with van der Waals surface area (Å²) in [5, 5.41) is 0.0461. The van der Waals surface area contributed by atoms with E-state index < -0.39 is 10.0 Å². The lowest BCUT2D eigenvalue weighted by Crippen LogP contribution is -2.37. The summed E-state index contributed by atoms with van der Waals surface area (Å²) in [5.41, 5.74) is 5.47. The summed E-state index contributed by atoms with van der Waals surface area (Å²) in [6.45, 7) is 6.45. The number of hydrogen-bond donors (Lipinski definition) is 2. The maximum Gasteiger partial charge on any atom is 0.259 e. The van der Waals surface area contributed by atoms with Crippen molar-refractivity contribution < 1.29 is 8.42 Å². The molecule has 3 N–H and O–H groups in total. The number of thiocarbonyl (C=S) groups is 1. The molecule has 1 heterocycles. The van der Waals surface area contributed by atoms with Crippen LogP contribution in [-0.4, -0.2) is 29.0 Å². The first-order valence-electron chi connectivity index (χ1n) is 6.64. The average Bonchev–Trinajstić information content (AvgIpc) is 2.70. The lowest BCUT2D eigenvalue weighted by atomic mass is 10.2. The number of hydrogen-bond acceptors (Lipinski definition) is 4. The van der Waals surface area contributed by atoms with Gasteiger partial charge in [-0.2, -0.15) is 0 Å². The van der Waals surface area contributed by atoms with Crippen LogP contribution in [0.25, 0.3) is 0 Å². The van der Waals surface area contributed by atoms with Gasteiger partial charge >= 0.3 is 0 Å². The lowest BCUT2D eigenvalue weighted by Gasteiger charge is -2.15. The molecule has 0 saturated heterocycles. The van der Waals surface area contributed by atoms with Crippen molar-refractivity contribution in [3.63, 3.8) is 0 Å².